The molecular weight excluding hydrogens is 375 g/mol. The van der Waals surface area contributed by atoms with Gasteiger partial charge in [0.1, 0.15) is 21.6 Å². The van der Waals surface area contributed by atoms with Crippen LogP contribution in [-0.2, 0) is 10.1 Å². The van der Waals surface area contributed by atoms with Gasteiger partial charge in [0.05, 0.1) is 16.0 Å². The van der Waals surface area contributed by atoms with Crippen molar-refractivity contribution in [2.75, 3.05) is 0 Å². The fourth-order valence-corrected chi connectivity index (χ4v) is 2.81. The Morgan fingerprint density at radius 2 is 1.54 bits per heavy atom. The molecule has 8 nitrogen and oxygen atoms in total. The summed E-state index contributed by atoms with van der Waals surface area (Å²) in [4.78, 5) is 22.3. The Hall–Kier alpha value is -1.91. The van der Waals surface area contributed by atoms with E-state index < -0.39 is 27.0 Å². The molecule has 0 radical (unpaired) electrons. The smallest absolute Gasteiger partial charge is 0.744 e. The van der Waals surface area contributed by atoms with Crippen LogP contribution in [0.3, 0.4) is 0 Å². The van der Waals surface area contributed by atoms with Crippen LogP contribution >= 0.6 is 0 Å². The maximum atomic E-state index is 11.4. The summed E-state index contributed by atoms with van der Waals surface area (Å²) < 4.78 is 38.2. The van der Waals surface area contributed by atoms with Gasteiger partial charge in [-0.25, -0.2) is 18.0 Å². The number of hydrogen-bond acceptors (Lipinski definition) is 6. The van der Waals surface area contributed by atoms with Gasteiger partial charge in [-0.05, 0) is 49.7 Å². The predicted octanol–water partition coefficient (Wildman–Crippen LogP) is -0.600. The Kier molecular flexibility index (Phi) is 6.97. The molecule has 0 aliphatic rings. The number of carboxylic acids is 2. The van der Waals surface area contributed by atoms with Crippen molar-refractivity contribution in [2.24, 2.45) is 0 Å². The molecule has 0 fully saturated rings. The maximum Gasteiger partial charge on any atom is 1.00 e. The van der Waals surface area contributed by atoms with Crippen LogP contribution in [0.4, 0.5) is 0 Å². The summed E-state index contributed by atoms with van der Waals surface area (Å²) in [6.07, 6.45) is 0. The first-order valence-electron chi connectivity index (χ1n) is 6.87. The minimum atomic E-state index is -4.60. The fraction of sp³-hybridized carbons (Fsp3) is 0.125. The second-order valence-electron chi connectivity index (χ2n) is 5.19. The van der Waals surface area contributed by atoms with Crippen LogP contribution in [0.1, 0.15) is 31.8 Å². The largest absolute Gasteiger partial charge is 1.00 e. The van der Waals surface area contributed by atoms with Gasteiger partial charge in [0, 0.05) is 5.56 Å². The van der Waals surface area contributed by atoms with Crippen molar-refractivity contribution in [1.82, 2.24) is 0 Å². The van der Waals surface area contributed by atoms with Crippen LogP contribution in [-0.4, -0.2) is 35.1 Å². The van der Waals surface area contributed by atoms with E-state index in [1.165, 1.54) is 32.0 Å². The first-order valence-corrected chi connectivity index (χ1v) is 8.27. The van der Waals surface area contributed by atoms with Crippen LogP contribution in [0.2, 0.25) is 0 Å². The molecule has 26 heavy (non-hydrogen) atoms. The molecule has 0 saturated heterocycles. The van der Waals surface area contributed by atoms with Crippen molar-refractivity contribution in [1.29, 1.82) is 0 Å². The van der Waals surface area contributed by atoms with Gasteiger partial charge >= 0.3 is 41.5 Å². The molecule has 2 aromatic carbocycles. The van der Waals surface area contributed by atoms with E-state index in [4.69, 9.17) is 4.74 Å². The van der Waals surface area contributed by atoms with Crippen LogP contribution in [0.5, 0.6) is 11.5 Å². The van der Waals surface area contributed by atoms with Gasteiger partial charge in [-0.2, -0.15) is 0 Å². The van der Waals surface area contributed by atoms with Crippen molar-refractivity contribution >= 4 is 22.1 Å². The molecule has 132 valence electrons. The third-order valence-electron chi connectivity index (χ3n) is 3.58. The molecule has 2 N–H and O–H groups in total. The normalized spacial score (nSPS) is 10.7. The number of benzene rings is 2. The van der Waals surface area contributed by atoms with Gasteiger partial charge in [-0.1, -0.05) is 0 Å². The number of carboxylic acid groups (broad SMARTS) is 2. The SMILES string of the molecule is Cc1c(Oc2ccc(S(=O)(=O)[O-])cc2)cc(C(=O)O)c(C)c1C(=O)O.[Na+]. The monoisotopic (exact) mass is 388 g/mol. The predicted molar refractivity (Wildman–Crippen MR) is 84.3 cm³/mol. The molecule has 0 aliphatic carbocycles. The zero-order valence-corrected chi connectivity index (χ0v) is 17.0. The van der Waals surface area contributed by atoms with E-state index in [-0.39, 0.29) is 63.3 Å². The fourth-order valence-electron chi connectivity index (χ4n) is 2.34. The molecule has 0 aliphatic heterocycles. The van der Waals surface area contributed by atoms with Crippen LogP contribution in [0.25, 0.3) is 0 Å². The molecule has 0 heterocycles. The summed E-state index contributed by atoms with van der Waals surface area (Å²) in [6, 6.07) is 5.70. The Morgan fingerprint density at radius 3 is 1.96 bits per heavy atom. The molecular formula is C16H13NaO8S. The Bertz CT molecular complexity index is 965. The van der Waals surface area contributed by atoms with Crippen molar-refractivity contribution in [2.45, 2.75) is 18.7 Å². The third kappa shape index (κ3) is 4.63. The molecule has 0 bridgehead atoms. The summed E-state index contributed by atoms with van der Waals surface area (Å²) in [6.45, 7) is 2.85. The zero-order valence-electron chi connectivity index (χ0n) is 14.1. The maximum absolute atomic E-state index is 11.4. The average molecular weight is 388 g/mol. The first-order chi connectivity index (χ1) is 11.5. The summed E-state index contributed by atoms with van der Waals surface area (Å²) in [5.41, 5.74) is -0.0985. The molecule has 2 rings (SSSR count). The van der Waals surface area contributed by atoms with E-state index in [0.717, 1.165) is 12.1 Å². The molecule has 0 unspecified atom stereocenters. The summed E-state index contributed by atoms with van der Waals surface area (Å²) in [7, 11) is -4.60. The van der Waals surface area contributed by atoms with Gasteiger partial charge in [0.2, 0.25) is 0 Å². The summed E-state index contributed by atoms with van der Waals surface area (Å²) in [5.74, 6) is -2.49. The van der Waals surface area contributed by atoms with Gasteiger partial charge in [-0.15, -0.1) is 0 Å². The van der Waals surface area contributed by atoms with Crippen molar-refractivity contribution in [3.05, 3.63) is 52.6 Å². The van der Waals surface area contributed by atoms with E-state index >= 15 is 0 Å². The molecule has 2 aromatic rings. The zero-order chi connectivity index (χ0) is 18.9. The van der Waals surface area contributed by atoms with Gasteiger partial charge in [0.15, 0.2) is 0 Å². The second kappa shape index (κ2) is 8.19. The number of carbonyl (C=O) groups is 2. The molecule has 0 amide bonds. The quantitative estimate of drug-likeness (QED) is 0.511. The Labute approximate surface area is 171 Å². The van der Waals surface area contributed by atoms with Crippen molar-refractivity contribution < 1.29 is 67.1 Å². The topological polar surface area (TPSA) is 141 Å². The number of aromatic carboxylic acids is 2. The van der Waals surface area contributed by atoms with E-state index in [0.29, 0.717) is 0 Å². The van der Waals surface area contributed by atoms with Crippen LogP contribution in [0, 0.1) is 13.8 Å². The minimum absolute atomic E-state index is 0. The van der Waals surface area contributed by atoms with Crippen LogP contribution in [0.15, 0.2) is 35.2 Å². The molecule has 0 spiro atoms. The molecule has 0 saturated carbocycles. The molecule has 10 heteroatoms. The van der Waals surface area contributed by atoms with E-state index in [1.807, 2.05) is 0 Å². The van der Waals surface area contributed by atoms with Crippen molar-refractivity contribution in [3.8, 4) is 11.5 Å². The van der Waals surface area contributed by atoms with E-state index in [9.17, 15) is 32.8 Å². The summed E-state index contributed by atoms with van der Waals surface area (Å²) >= 11 is 0. The van der Waals surface area contributed by atoms with E-state index in [2.05, 4.69) is 0 Å². The first kappa shape index (κ1) is 22.1. The minimum Gasteiger partial charge on any atom is -0.744 e. The Morgan fingerprint density at radius 1 is 1.00 bits per heavy atom. The Balaban J connectivity index is 0.00000338. The van der Waals surface area contributed by atoms with E-state index in [1.54, 1.807) is 0 Å². The number of rotatable bonds is 5. The number of hydrogen-bond donors (Lipinski definition) is 2. The standard InChI is InChI=1S/C16H14O8S.Na/c1-8-12(15(17)18)7-13(9(2)14(8)16(19)20)24-10-3-5-11(6-4-10)25(21,22)23;/h3-7H,1-2H3,(H,17,18)(H,19,20)(H,21,22,23);/q;+1/p-1. The second-order valence-corrected chi connectivity index (χ2v) is 6.56. The van der Waals surface area contributed by atoms with Gasteiger partial charge in [-0.3, -0.25) is 0 Å². The summed E-state index contributed by atoms with van der Waals surface area (Å²) in [5, 5.41) is 18.5. The van der Waals surface area contributed by atoms with Gasteiger partial charge < -0.3 is 19.5 Å². The van der Waals surface area contributed by atoms with Crippen LogP contribution < -0.4 is 34.3 Å². The number of ether oxygens (including phenoxy) is 1. The molecule has 0 aromatic heterocycles. The third-order valence-corrected chi connectivity index (χ3v) is 4.43. The van der Waals surface area contributed by atoms with Gasteiger partial charge in [0.25, 0.3) is 0 Å². The average Bonchev–Trinajstić information content (AvgIpc) is 2.49. The molecule has 0 atom stereocenters. The van der Waals surface area contributed by atoms with Crippen molar-refractivity contribution in [3.63, 3.8) is 0 Å².